The van der Waals surface area contributed by atoms with Gasteiger partial charge in [0, 0.05) is 5.41 Å². The molecule has 0 unspecified atom stereocenters. The lowest BCUT2D eigenvalue weighted by atomic mass is 9.33. The number of hydrogen-bond acceptors (Lipinski definition) is 7. The molecule has 1 heterocycles. The summed E-state index contributed by atoms with van der Waals surface area (Å²) >= 11 is 0. The third-order valence-electron chi connectivity index (χ3n) is 14.9. The molecular formula is C35H56O8. The summed E-state index contributed by atoms with van der Waals surface area (Å²) in [4.78, 5) is 12.9. The van der Waals surface area contributed by atoms with Gasteiger partial charge in [-0.05, 0) is 104 Å². The third kappa shape index (κ3) is 4.32. The average molecular weight is 605 g/mol. The van der Waals surface area contributed by atoms with Crippen molar-refractivity contribution in [3.63, 3.8) is 0 Å². The predicted molar refractivity (Wildman–Crippen MR) is 161 cm³/mol. The molecule has 0 spiro atoms. The number of carboxylic acids is 1. The predicted octanol–water partition coefficient (Wildman–Crippen LogP) is 4.67. The Hall–Kier alpha value is -1.03. The second-order valence-corrected chi connectivity index (χ2v) is 17.3. The molecule has 244 valence electrons. The molecule has 0 aromatic rings. The van der Waals surface area contributed by atoms with Crippen LogP contribution in [0, 0.1) is 50.2 Å². The van der Waals surface area contributed by atoms with E-state index in [4.69, 9.17) is 9.47 Å². The van der Waals surface area contributed by atoms with E-state index in [2.05, 4.69) is 47.6 Å². The van der Waals surface area contributed by atoms with Crippen LogP contribution in [0.4, 0.5) is 0 Å². The van der Waals surface area contributed by atoms with Crippen LogP contribution < -0.4 is 0 Å². The number of carboxylic acid groups (broad SMARTS) is 1. The Bertz CT molecular complexity index is 1150. The number of aliphatic carboxylic acids is 1. The maximum Gasteiger partial charge on any atom is 0.310 e. The summed E-state index contributed by atoms with van der Waals surface area (Å²) < 4.78 is 12.0. The Labute approximate surface area is 257 Å². The van der Waals surface area contributed by atoms with Crippen LogP contribution in [0.25, 0.3) is 0 Å². The van der Waals surface area contributed by atoms with Crippen LogP contribution in [0.5, 0.6) is 0 Å². The molecule has 0 radical (unpaired) electrons. The van der Waals surface area contributed by atoms with E-state index >= 15 is 0 Å². The maximum atomic E-state index is 12.9. The smallest absolute Gasteiger partial charge is 0.310 e. The van der Waals surface area contributed by atoms with Crippen LogP contribution in [0.2, 0.25) is 0 Å². The highest BCUT2D eigenvalue weighted by Gasteiger charge is 2.70. The first-order valence-corrected chi connectivity index (χ1v) is 16.9. The molecule has 5 N–H and O–H groups in total. The van der Waals surface area contributed by atoms with E-state index in [9.17, 15) is 30.3 Å². The van der Waals surface area contributed by atoms with Gasteiger partial charge in [-0.15, -0.1) is 0 Å². The SMILES string of the molecule is CC1(C)CC[C@]2(C(=O)O)CC[C@]3(C)C(=CC[C@@H]4[C@@]5(C)CC[C@H](O[C@@H]6OC[C@H](O)[C@H](O)[C@H]6O)[C@@](C)(CO)[C@@H]5CC[C@]43C)[C@H]2C1. The summed E-state index contributed by atoms with van der Waals surface area (Å²) in [5.41, 5.74) is 0.232. The largest absolute Gasteiger partial charge is 0.481 e. The van der Waals surface area contributed by atoms with Crippen LogP contribution in [-0.2, 0) is 14.3 Å². The number of carbonyl (C=O) groups is 1. The van der Waals surface area contributed by atoms with Crippen molar-refractivity contribution in [2.24, 2.45) is 50.2 Å². The van der Waals surface area contributed by atoms with Crippen molar-refractivity contribution in [2.45, 2.75) is 136 Å². The van der Waals surface area contributed by atoms with Crippen molar-refractivity contribution in [3.05, 3.63) is 11.6 Å². The van der Waals surface area contributed by atoms with Gasteiger partial charge >= 0.3 is 5.97 Å². The number of aliphatic hydroxyl groups excluding tert-OH is 4. The van der Waals surface area contributed by atoms with Gasteiger partial charge in [-0.1, -0.05) is 53.2 Å². The topological polar surface area (TPSA) is 137 Å². The van der Waals surface area contributed by atoms with Crippen molar-refractivity contribution >= 4 is 5.97 Å². The number of rotatable bonds is 4. The van der Waals surface area contributed by atoms with Crippen LogP contribution in [-0.4, -0.2) is 75.4 Å². The number of aliphatic hydroxyl groups is 4. The fourth-order valence-corrected chi connectivity index (χ4v) is 11.9. The lowest BCUT2D eigenvalue weighted by molar-refractivity contribution is -0.312. The van der Waals surface area contributed by atoms with E-state index in [1.807, 2.05) is 0 Å². The van der Waals surface area contributed by atoms with Crippen molar-refractivity contribution in [1.82, 2.24) is 0 Å². The van der Waals surface area contributed by atoms with E-state index in [0.717, 1.165) is 57.8 Å². The van der Waals surface area contributed by atoms with Gasteiger partial charge in [-0.3, -0.25) is 4.79 Å². The van der Waals surface area contributed by atoms with Crippen molar-refractivity contribution < 1.29 is 39.8 Å². The zero-order valence-electron chi connectivity index (χ0n) is 27.1. The first-order chi connectivity index (χ1) is 20.0. The second-order valence-electron chi connectivity index (χ2n) is 17.3. The van der Waals surface area contributed by atoms with E-state index < -0.39 is 41.4 Å². The van der Waals surface area contributed by atoms with E-state index in [-0.39, 0.29) is 52.8 Å². The Balaban J connectivity index is 1.32. The Kier molecular flexibility index (Phi) is 7.60. The molecule has 0 bridgehead atoms. The minimum atomic E-state index is -1.36. The fourth-order valence-electron chi connectivity index (χ4n) is 11.9. The van der Waals surface area contributed by atoms with Gasteiger partial charge in [-0.2, -0.15) is 0 Å². The molecule has 8 nitrogen and oxygen atoms in total. The monoisotopic (exact) mass is 604 g/mol. The molecule has 1 aliphatic heterocycles. The highest BCUT2D eigenvalue weighted by atomic mass is 16.7. The van der Waals surface area contributed by atoms with Crippen LogP contribution >= 0.6 is 0 Å². The molecule has 13 atom stereocenters. The molecule has 0 aromatic carbocycles. The van der Waals surface area contributed by atoms with Gasteiger partial charge < -0.3 is 35.0 Å². The Morgan fingerprint density at radius 3 is 2.30 bits per heavy atom. The lowest BCUT2D eigenvalue weighted by Gasteiger charge is -2.71. The number of ether oxygens (including phenoxy) is 2. The van der Waals surface area contributed by atoms with Crippen molar-refractivity contribution in [1.29, 1.82) is 0 Å². The number of allylic oxidation sites excluding steroid dienone is 2. The van der Waals surface area contributed by atoms with Gasteiger partial charge in [0.2, 0.25) is 0 Å². The third-order valence-corrected chi connectivity index (χ3v) is 14.9. The Morgan fingerprint density at radius 2 is 1.63 bits per heavy atom. The Morgan fingerprint density at radius 1 is 0.930 bits per heavy atom. The number of fused-ring (bicyclic) bond motifs is 7. The van der Waals surface area contributed by atoms with Crippen LogP contribution in [0.3, 0.4) is 0 Å². The molecule has 6 rings (SSSR count). The highest BCUT2D eigenvalue weighted by Crippen LogP contribution is 2.76. The summed E-state index contributed by atoms with van der Waals surface area (Å²) in [6.07, 6.45) is 6.03. The summed E-state index contributed by atoms with van der Waals surface area (Å²) in [5, 5.41) is 52.3. The molecule has 6 aliphatic rings. The van der Waals surface area contributed by atoms with Gasteiger partial charge in [0.15, 0.2) is 6.29 Å². The quantitative estimate of drug-likeness (QED) is 0.231. The minimum Gasteiger partial charge on any atom is -0.481 e. The molecule has 0 amide bonds. The maximum absolute atomic E-state index is 12.9. The van der Waals surface area contributed by atoms with E-state index in [0.29, 0.717) is 12.3 Å². The van der Waals surface area contributed by atoms with Gasteiger partial charge in [-0.25, -0.2) is 0 Å². The summed E-state index contributed by atoms with van der Waals surface area (Å²) in [6.45, 7) is 13.9. The first kappa shape index (κ1) is 31.9. The minimum absolute atomic E-state index is 0.0154. The van der Waals surface area contributed by atoms with Crippen LogP contribution in [0.1, 0.15) is 106 Å². The van der Waals surface area contributed by atoms with E-state index in [1.165, 1.54) is 5.57 Å². The first-order valence-electron chi connectivity index (χ1n) is 16.9. The highest BCUT2D eigenvalue weighted by molar-refractivity contribution is 5.76. The molecule has 0 aromatic heterocycles. The summed E-state index contributed by atoms with van der Waals surface area (Å²) in [5.74, 6) is 0.0529. The number of hydrogen-bond donors (Lipinski definition) is 5. The molecule has 5 fully saturated rings. The standard InChI is InChI=1S/C35H56O8/c1-30(2)13-15-35(29(40)41)16-14-33(5)20(21(35)17-30)7-8-24-31(3)11-10-25(43-28-27(39)26(38)22(37)18-42-28)32(4,19-36)23(31)9-12-34(24,33)6/h7,21-28,36-39H,8-19H2,1-6H3,(H,40,41)/t21-,22+,23-,24-,25+,26+,27-,28+,31+,32+,33-,34-,35+/m1/s1. The van der Waals surface area contributed by atoms with Gasteiger partial charge in [0.25, 0.3) is 0 Å². The molecule has 1 saturated heterocycles. The second kappa shape index (κ2) is 10.2. The zero-order chi connectivity index (χ0) is 31.4. The van der Waals surface area contributed by atoms with Gasteiger partial charge in [0.1, 0.15) is 18.3 Å². The summed E-state index contributed by atoms with van der Waals surface area (Å²) in [7, 11) is 0. The summed E-state index contributed by atoms with van der Waals surface area (Å²) in [6, 6.07) is 0. The van der Waals surface area contributed by atoms with Crippen LogP contribution in [0.15, 0.2) is 11.6 Å². The molecule has 43 heavy (non-hydrogen) atoms. The van der Waals surface area contributed by atoms with Crippen molar-refractivity contribution in [3.8, 4) is 0 Å². The molecule has 4 saturated carbocycles. The lowest BCUT2D eigenvalue weighted by Crippen LogP contribution is -2.66. The zero-order valence-corrected chi connectivity index (χ0v) is 27.1. The van der Waals surface area contributed by atoms with Crippen molar-refractivity contribution in [2.75, 3.05) is 13.2 Å². The molecule has 8 heteroatoms. The normalized spacial score (nSPS) is 54.3. The van der Waals surface area contributed by atoms with Gasteiger partial charge in [0.05, 0.1) is 24.7 Å². The fraction of sp³-hybridized carbons (Fsp3) is 0.914. The average Bonchev–Trinajstić information content (AvgIpc) is 2.94. The van der Waals surface area contributed by atoms with E-state index in [1.54, 1.807) is 0 Å². The molecule has 5 aliphatic carbocycles. The molecular weight excluding hydrogens is 548 g/mol.